The van der Waals surface area contributed by atoms with E-state index in [-0.39, 0.29) is 6.04 Å². The third-order valence-corrected chi connectivity index (χ3v) is 3.56. The van der Waals surface area contributed by atoms with Gasteiger partial charge in [-0.05, 0) is 30.9 Å². The largest absolute Gasteiger partial charge is 0.305 e. The van der Waals surface area contributed by atoms with Gasteiger partial charge in [-0.25, -0.2) is 0 Å². The zero-order valence-electron chi connectivity index (χ0n) is 10.5. The molecule has 1 aromatic carbocycles. The van der Waals surface area contributed by atoms with Crippen LogP contribution in [0.4, 0.5) is 0 Å². The van der Waals surface area contributed by atoms with Crippen molar-refractivity contribution in [3.05, 3.63) is 59.7 Å². The van der Waals surface area contributed by atoms with Crippen LogP contribution in [-0.4, -0.2) is 16.0 Å². The monoisotopic (exact) mass is 239 g/mol. The molecule has 0 radical (unpaired) electrons. The second-order valence-electron chi connectivity index (χ2n) is 4.89. The molecule has 0 saturated heterocycles. The average molecular weight is 239 g/mol. The van der Waals surface area contributed by atoms with E-state index in [1.54, 1.807) is 12.4 Å². The van der Waals surface area contributed by atoms with Gasteiger partial charge in [-0.1, -0.05) is 24.3 Å². The van der Waals surface area contributed by atoms with Crippen molar-refractivity contribution in [2.75, 3.05) is 0 Å². The maximum absolute atomic E-state index is 4.34. The molecule has 1 atom stereocenters. The van der Waals surface area contributed by atoms with Crippen LogP contribution < -0.4 is 5.32 Å². The third-order valence-electron chi connectivity index (χ3n) is 3.56. The van der Waals surface area contributed by atoms with Gasteiger partial charge in [-0.3, -0.25) is 9.97 Å². The van der Waals surface area contributed by atoms with Crippen molar-refractivity contribution in [1.82, 2.24) is 15.3 Å². The quantitative estimate of drug-likeness (QED) is 0.893. The number of benzene rings is 1. The van der Waals surface area contributed by atoms with Gasteiger partial charge >= 0.3 is 0 Å². The fourth-order valence-electron chi connectivity index (χ4n) is 2.65. The molecule has 2 aromatic rings. The van der Waals surface area contributed by atoms with Gasteiger partial charge in [0.05, 0.1) is 5.69 Å². The van der Waals surface area contributed by atoms with E-state index in [0.29, 0.717) is 6.04 Å². The van der Waals surface area contributed by atoms with Crippen molar-refractivity contribution in [3.8, 4) is 0 Å². The zero-order valence-corrected chi connectivity index (χ0v) is 10.5. The lowest BCUT2D eigenvalue weighted by Crippen LogP contribution is -2.32. The molecule has 3 rings (SSSR count). The number of fused-ring (bicyclic) bond motifs is 1. The number of nitrogens with zero attached hydrogens (tertiary/aromatic N) is 2. The first-order chi connectivity index (χ1) is 8.83. The molecule has 3 heteroatoms. The first kappa shape index (κ1) is 11.4. The van der Waals surface area contributed by atoms with E-state index in [0.717, 1.165) is 18.5 Å². The molecule has 0 aliphatic heterocycles. The maximum atomic E-state index is 4.34. The Morgan fingerprint density at radius 3 is 2.50 bits per heavy atom. The van der Waals surface area contributed by atoms with Crippen molar-refractivity contribution in [3.63, 3.8) is 0 Å². The molecular formula is C15H17N3. The van der Waals surface area contributed by atoms with Crippen LogP contribution in [0.2, 0.25) is 0 Å². The molecule has 1 aliphatic rings. The van der Waals surface area contributed by atoms with Crippen LogP contribution in [0.25, 0.3) is 0 Å². The Morgan fingerprint density at radius 1 is 1.17 bits per heavy atom. The van der Waals surface area contributed by atoms with Crippen LogP contribution in [0.15, 0.2) is 42.9 Å². The van der Waals surface area contributed by atoms with Crippen LogP contribution in [0.3, 0.4) is 0 Å². The van der Waals surface area contributed by atoms with Gasteiger partial charge in [0.2, 0.25) is 0 Å². The summed E-state index contributed by atoms with van der Waals surface area (Å²) in [5, 5.41) is 3.64. The lowest BCUT2D eigenvalue weighted by Gasteiger charge is -2.18. The predicted octanol–water partition coefficient (Wildman–Crippen LogP) is 2.29. The lowest BCUT2D eigenvalue weighted by molar-refractivity contribution is 0.460. The number of nitrogens with one attached hydrogen (secondary N) is 1. The molecule has 1 aliphatic carbocycles. The summed E-state index contributed by atoms with van der Waals surface area (Å²) in [5.41, 5.74) is 3.95. The van der Waals surface area contributed by atoms with Gasteiger partial charge in [0, 0.05) is 30.7 Å². The number of hydrogen-bond acceptors (Lipinski definition) is 3. The summed E-state index contributed by atoms with van der Waals surface area (Å²) in [6, 6.07) is 9.45. The highest BCUT2D eigenvalue weighted by atomic mass is 15.0. The van der Waals surface area contributed by atoms with Gasteiger partial charge in [0.1, 0.15) is 0 Å². The van der Waals surface area contributed by atoms with E-state index in [4.69, 9.17) is 0 Å². The van der Waals surface area contributed by atoms with Gasteiger partial charge in [0.15, 0.2) is 0 Å². The highest BCUT2D eigenvalue weighted by molar-refractivity contribution is 5.33. The minimum Gasteiger partial charge on any atom is -0.305 e. The summed E-state index contributed by atoms with van der Waals surface area (Å²) < 4.78 is 0. The molecule has 1 aromatic heterocycles. The lowest BCUT2D eigenvalue weighted by atomic mass is 10.1. The van der Waals surface area contributed by atoms with Crippen molar-refractivity contribution in [2.45, 2.75) is 31.8 Å². The van der Waals surface area contributed by atoms with Crippen molar-refractivity contribution in [2.24, 2.45) is 0 Å². The topological polar surface area (TPSA) is 37.8 Å². The first-order valence-electron chi connectivity index (χ1n) is 6.41. The van der Waals surface area contributed by atoms with Crippen LogP contribution in [-0.2, 0) is 12.8 Å². The van der Waals surface area contributed by atoms with E-state index >= 15 is 0 Å². The Kier molecular flexibility index (Phi) is 3.07. The Balaban J connectivity index is 1.66. The zero-order chi connectivity index (χ0) is 12.4. The van der Waals surface area contributed by atoms with Crippen LogP contribution >= 0.6 is 0 Å². The Morgan fingerprint density at radius 2 is 1.89 bits per heavy atom. The summed E-state index contributed by atoms with van der Waals surface area (Å²) in [4.78, 5) is 8.46. The number of rotatable bonds is 3. The molecule has 0 amide bonds. The predicted molar refractivity (Wildman–Crippen MR) is 71.2 cm³/mol. The summed E-state index contributed by atoms with van der Waals surface area (Å²) in [5.74, 6) is 0. The summed E-state index contributed by atoms with van der Waals surface area (Å²) >= 11 is 0. The highest BCUT2D eigenvalue weighted by Gasteiger charge is 2.22. The molecule has 92 valence electrons. The molecule has 1 N–H and O–H groups in total. The molecule has 1 heterocycles. The molecule has 0 saturated carbocycles. The van der Waals surface area contributed by atoms with Crippen LogP contribution in [0.1, 0.15) is 29.8 Å². The number of hydrogen-bond donors (Lipinski definition) is 1. The molecule has 18 heavy (non-hydrogen) atoms. The smallest absolute Gasteiger partial charge is 0.0753 e. The molecule has 3 nitrogen and oxygen atoms in total. The fourth-order valence-corrected chi connectivity index (χ4v) is 2.65. The SMILES string of the molecule is CC(NC1Cc2ccccc2C1)c1cnccn1. The molecule has 0 bridgehead atoms. The van der Waals surface area contributed by atoms with Gasteiger partial charge in [-0.15, -0.1) is 0 Å². The minimum absolute atomic E-state index is 0.248. The van der Waals surface area contributed by atoms with E-state index < -0.39 is 0 Å². The number of aromatic nitrogens is 2. The Hall–Kier alpha value is -1.74. The molecule has 0 spiro atoms. The summed E-state index contributed by atoms with van der Waals surface area (Å²) in [6.07, 6.45) is 7.51. The third kappa shape index (κ3) is 2.27. The second kappa shape index (κ2) is 4.86. The van der Waals surface area contributed by atoms with Crippen molar-refractivity contribution in [1.29, 1.82) is 0 Å². The second-order valence-corrected chi connectivity index (χ2v) is 4.89. The maximum Gasteiger partial charge on any atom is 0.0753 e. The molecule has 1 unspecified atom stereocenters. The van der Waals surface area contributed by atoms with E-state index in [1.807, 2.05) is 6.20 Å². The molecular weight excluding hydrogens is 222 g/mol. The normalized spacial score (nSPS) is 16.5. The van der Waals surface area contributed by atoms with Crippen molar-refractivity contribution < 1.29 is 0 Å². The van der Waals surface area contributed by atoms with E-state index in [1.165, 1.54) is 11.1 Å². The van der Waals surface area contributed by atoms with E-state index in [2.05, 4.69) is 46.5 Å². The van der Waals surface area contributed by atoms with Crippen molar-refractivity contribution >= 4 is 0 Å². The Bertz CT molecular complexity index is 499. The average Bonchev–Trinajstić information content (AvgIpc) is 2.82. The standard InChI is InChI=1S/C15H17N3/c1-11(15-10-16-6-7-17-15)18-14-8-12-4-2-3-5-13(12)9-14/h2-7,10-11,14,18H,8-9H2,1H3. The van der Waals surface area contributed by atoms with Crippen LogP contribution in [0.5, 0.6) is 0 Å². The van der Waals surface area contributed by atoms with E-state index in [9.17, 15) is 0 Å². The Labute approximate surface area is 107 Å². The molecule has 0 fully saturated rings. The minimum atomic E-state index is 0.248. The summed E-state index contributed by atoms with van der Waals surface area (Å²) in [7, 11) is 0. The van der Waals surface area contributed by atoms with Gasteiger partial charge in [-0.2, -0.15) is 0 Å². The summed E-state index contributed by atoms with van der Waals surface area (Å²) in [6.45, 7) is 2.15. The highest BCUT2D eigenvalue weighted by Crippen LogP contribution is 2.23. The first-order valence-corrected chi connectivity index (χ1v) is 6.41. The fraction of sp³-hybridized carbons (Fsp3) is 0.333. The van der Waals surface area contributed by atoms with Gasteiger partial charge in [0.25, 0.3) is 0 Å². The van der Waals surface area contributed by atoms with Gasteiger partial charge < -0.3 is 5.32 Å². The van der Waals surface area contributed by atoms with Crippen LogP contribution in [0, 0.1) is 0 Å².